The Labute approximate surface area is 136 Å². The molecule has 4 N–H and O–H groups in total. The van der Waals surface area contributed by atoms with Crippen molar-refractivity contribution in [3.05, 3.63) is 35.4 Å². The number of amides is 2. The summed E-state index contributed by atoms with van der Waals surface area (Å²) < 4.78 is 37.4. The molecule has 0 unspecified atom stereocenters. The second-order valence-electron chi connectivity index (χ2n) is 5.25. The van der Waals surface area contributed by atoms with Crippen LogP contribution in [0.25, 0.3) is 0 Å². The predicted octanol–water partition coefficient (Wildman–Crippen LogP) is 1.26. The van der Waals surface area contributed by atoms with Crippen molar-refractivity contribution >= 4 is 11.8 Å². The lowest BCUT2D eigenvalue weighted by Gasteiger charge is -2.22. The minimum atomic E-state index is -4.53. The maximum Gasteiger partial charge on any atom is 0.416 e. The van der Waals surface area contributed by atoms with E-state index in [1.807, 2.05) is 6.07 Å². The van der Waals surface area contributed by atoms with E-state index < -0.39 is 41.6 Å². The number of aliphatic hydroxyl groups is 1. The third-order valence-electron chi connectivity index (χ3n) is 3.39. The lowest BCUT2D eigenvalue weighted by Crippen LogP contribution is -2.49. The first-order chi connectivity index (χ1) is 11.1. The highest BCUT2D eigenvalue weighted by Crippen LogP contribution is 2.30. The summed E-state index contributed by atoms with van der Waals surface area (Å²) in [5.74, 6) is -2.47. The van der Waals surface area contributed by atoms with Gasteiger partial charge in [0.25, 0.3) is 5.91 Å². The van der Waals surface area contributed by atoms with Gasteiger partial charge in [0.15, 0.2) is 6.10 Å². The molecule has 0 aliphatic carbocycles. The molecule has 0 saturated carbocycles. The smallest absolute Gasteiger partial charge is 0.378 e. The summed E-state index contributed by atoms with van der Waals surface area (Å²) in [5, 5.41) is 20.7. The van der Waals surface area contributed by atoms with E-state index in [1.54, 1.807) is 0 Å². The molecule has 0 aromatic heterocycles. The molecule has 0 aliphatic rings. The van der Waals surface area contributed by atoms with Gasteiger partial charge in [0.05, 0.1) is 11.6 Å². The minimum Gasteiger partial charge on any atom is -0.378 e. The third kappa shape index (κ3) is 4.96. The van der Waals surface area contributed by atoms with Crippen molar-refractivity contribution in [1.82, 2.24) is 5.32 Å². The molecule has 24 heavy (non-hydrogen) atoms. The number of hydrogen-bond donors (Lipinski definition) is 3. The number of nitrogens with one attached hydrogen (secondary N) is 1. The van der Waals surface area contributed by atoms with Crippen molar-refractivity contribution in [2.75, 3.05) is 0 Å². The van der Waals surface area contributed by atoms with Gasteiger partial charge in [0.1, 0.15) is 6.04 Å². The van der Waals surface area contributed by atoms with Crippen molar-refractivity contribution in [2.24, 2.45) is 11.7 Å². The van der Waals surface area contributed by atoms with Crippen molar-refractivity contribution in [1.29, 1.82) is 5.26 Å². The third-order valence-corrected chi connectivity index (χ3v) is 3.39. The molecule has 0 aliphatic heterocycles. The first-order valence-corrected chi connectivity index (χ1v) is 6.89. The first kappa shape index (κ1) is 19.4. The van der Waals surface area contributed by atoms with Crippen LogP contribution in [-0.2, 0) is 15.8 Å². The molecular formula is C15H16F3N3O3. The maximum absolute atomic E-state index is 12.5. The molecule has 0 spiro atoms. The number of primary amides is 1. The Morgan fingerprint density at radius 1 is 1.33 bits per heavy atom. The Kier molecular flexibility index (Phi) is 6.31. The average Bonchev–Trinajstić information content (AvgIpc) is 2.50. The van der Waals surface area contributed by atoms with Gasteiger partial charge < -0.3 is 16.2 Å². The zero-order valence-electron chi connectivity index (χ0n) is 12.7. The van der Waals surface area contributed by atoms with Gasteiger partial charge in [0, 0.05) is 6.42 Å². The number of hydrogen-bond acceptors (Lipinski definition) is 4. The van der Waals surface area contributed by atoms with E-state index in [2.05, 4.69) is 5.32 Å². The number of halogens is 3. The van der Waals surface area contributed by atoms with Gasteiger partial charge in [-0.15, -0.1) is 0 Å². The molecular weight excluding hydrogens is 327 g/mol. The fourth-order valence-corrected chi connectivity index (χ4v) is 1.99. The largest absolute Gasteiger partial charge is 0.416 e. The number of nitrogens with two attached hydrogens (primary N) is 1. The van der Waals surface area contributed by atoms with E-state index in [0.29, 0.717) is 0 Å². The maximum atomic E-state index is 12.5. The molecule has 0 heterocycles. The number of rotatable bonds is 6. The molecule has 3 atom stereocenters. The second-order valence-corrected chi connectivity index (χ2v) is 5.25. The fourth-order valence-electron chi connectivity index (χ4n) is 1.99. The number of aliphatic hydroxyl groups excluding tert-OH is 1. The highest BCUT2D eigenvalue weighted by molar-refractivity contribution is 5.89. The molecule has 6 nitrogen and oxygen atoms in total. The van der Waals surface area contributed by atoms with Crippen LogP contribution in [-0.4, -0.2) is 23.0 Å². The number of benzene rings is 1. The molecule has 130 valence electrons. The average molecular weight is 343 g/mol. The van der Waals surface area contributed by atoms with Crippen LogP contribution in [0.5, 0.6) is 0 Å². The number of nitrogens with zero attached hydrogens (tertiary/aromatic N) is 1. The lowest BCUT2D eigenvalue weighted by molar-refractivity contribution is -0.137. The fraction of sp³-hybridized carbons (Fsp3) is 0.400. The van der Waals surface area contributed by atoms with E-state index in [1.165, 1.54) is 6.92 Å². The van der Waals surface area contributed by atoms with Crippen molar-refractivity contribution in [3.8, 4) is 6.07 Å². The molecule has 1 aromatic rings. The molecule has 0 bridgehead atoms. The van der Waals surface area contributed by atoms with Crippen LogP contribution >= 0.6 is 0 Å². The van der Waals surface area contributed by atoms with E-state index in [0.717, 1.165) is 24.3 Å². The predicted molar refractivity (Wildman–Crippen MR) is 76.9 cm³/mol. The van der Waals surface area contributed by atoms with Crippen LogP contribution in [0, 0.1) is 17.2 Å². The Morgan fingerprint density at radius 3 is 2.29 bits per heavy atom. The van der Waals surface area contributed by atoms with Gasteiger partial charge in [-0.05, 0) is 23.6 Å². The normalized spacial score (nSPS) is 15.0. The van der Waals surface area contributed by atoms with Gasteiger partial charge in [-0.1, -0.05) is 19.1 Å². The van der Waals surface area contributed by atoms with Crippen LogP contribution in [0.1, 0.15) is 30.6 Å². The number of carbonyl (C=O) groups is 2. The quantitative estimate of drug-likeness (QED) is 0.721. The van der Waals surface area contributed by atoms with Gasteiger partial charge >= 0.3 is 6.18 Å². The standard InChI is InChI=1S/C15H16F3N3O3/c1-8(6-7-19)11(13(20)23)21-14(24)12(22)9-2-4-10(5-3-9)15(16,17)18/h2-5,8,11-12,22H,6H2,1H3,(H2,20,23)(H,21,24)/t8-,11+,12-/m0/s1. The minimum absolute atomic E-state index is 0.0513. The number of alkyl halides is 3. The van der Waals surface area contributed by atoms with Crippen molar-refractivity contribution in [3.63, 3.8) is 0 Å². The van der Waals surface area contributed by atoms with Gasteiger partial charge in [-0.25, -0.2) is 0 Å². The van der Waals surface area contributed by atoms with Crippen molar-refractivity contribution < 1.29 is 27.9 Å². The van der Waals surface area contributed by atoms with Crippen LogP contribution in [0.3, 0.4) is 0 Å². The summed E-state index contributed by atoms with van der Waals surface area (Å²) in [6, 6.07) is 4.04. The molecule has 2 amide bonds. The van der Waals surface area contributed by atoms with Crippen molar-refractivity contribution in [2.45, 2.75) is 31.7 Å². The van der Waals surface area contributed by atoms with Gasteiger partial charge in [-0.3, -0.25) is 9.59 Å². The van der Waals surface area contributed by atoms with E-state index >= 15 is 0 Å². The lowest BCUT2D eigenvalue weighted by atomic mass is 9.97. The summed E-state index contributed by atoms with van der Waals surface area (Å²) in [4.78, 5) is 23.3. The molecule has 0 radical (unpaired) electrons. The van der Waals surface area contributed by atoms with E-state index in [-0.39, 0.29) is 12.0 Å². The topological polar surface area (TPSA) is 116 Å². The second kappa shape index (κ2) is 7.79. The summed E-state index contributed by atoms with van der Waals surface area (Å²) >= 11 is 0. The molecule has 1 aromatic carbocycles. The monoisotopic (exact) mass is 343 g/mol. The summed E-state index contributed by atoms with van der Waals surface area (Å²) in [5.41, 5.74) is 4.16. The summed E-state index contributed by atoms with van der Waals surface area (Å²) in [6.07, 6.45) is -6.36. The first-order valence-electron chi connectivity index (χ1n) is 6.89. The van der Waals surface area contributed by atoms with Crippen LogP contribution in [0.2, 0.25) is 0 Å². The molecule has 9 heteroatoms. The van der Waals surface area contributed by atoms with Gasteiger partial charge in [-0.2, -0.15) is 18.4 Å². The Bertz CT molecular complexity index is 638. The summed E-state index contributed by atoms with van der Waals surface area (Å²) in [6.45, 7) is 1.52. The zero-order chi connectivity index (χ0) is 18.5. The number of nitriles is 1. The van der Waals surface area contributed by atoms with E-state index in [9.17, 15) is 27.9 Å². The Balaban J connectivity index is 2.86. The number of carbonyl (C=O) groups excluding carboxylic acids is 2. The Hall–Kier alpha value is -2.60. The molecule has 0 fully saturated rings. The Morgan fingerprint density at radius 2 is 1.88 bits per heavy atom. The molecule has 0 saturated heterocycles. The highest BCUT2D eigenvalue weighted by Gasteiger charge is 2.31. The van der Waals surface area contributed by atoms with Gasteiger partial charge in [0.2, 0.25) is 5.91 Å². The zero-order valence-corrected chi connectivity index (χ0v) is 12.7. The molecule has 1 rings (SSSR count). The van der Waals surface area contributed by atoms with Crippen LogP contribution in [0.15, 0.2) is 24.3 Å². The van der Waals surface area contributed by atoms with Crippen LogP contribution in [0.4, 0.5) is 13.2 Å². The summed E-state index contributed by atoms with van der Waals surface area (Å²) in [7, 11) is 0. The van der Waals surface area contributed by atoms with Crippen LogP contribution < -0.4 is 11.1 Å². The highest BCUT2D eigenvalue weighted by atomic mass is 19.4. The van der Waals surface area contributed by atoms with E-state index in [4.69, 9.17) is 11.0 Å². The SMILES string of the molecule is C[C@@H](CC#N)[C@@H](NC(=O)[C@@H](O)c1ccc(C(F)(F)F)cc1)C(N)=O.